The molecule has 0 aliphatic rings. The van der Waals surface area contributed by atoms with Crippen LogP contribution in [0.3, 0.4) is 0 Å². The second-order valence-corrected chi connectivity index (χ2v) is 6.23. The van der Waals surface area contributed by atoms with Gasteiger partial charge in [-0.2, -0.15) is 0 Å². The van der Waals surface area contributed by atoms with Crippen molar-refractivity contribution < 1.29 is 10.0 Å². The fourth-order valence-corrected chi connectivity index (χ4v) is 2.67. The minimum absolute atomic E-state index is 0.968. The van der Waals surface area contributed by atoms with Crippen LogP contribution in [-0.4, -0.2) is 17.2 Å². The zero-order valence-corrected chi connectivity index (χ0v) is 14.2. The maximum Gasteiger partial charge on any atom is 0.480 e. The summed E-state index contributed by atoms with van der Waals surface area (Å²) >= 11 is 0. The number of hydrogen-bond donors (Lipinski definition) is 2. The standard InChI is InChI=1S/C18H37BO2/c1-2-3-4-5-6-7-8-9-10-11-12-13-14-15-16-17-18-19(20)21/h17-18,20-21H,2-16H2,1H3/b18-17+. The second kappa shape index (κ2) is 17.8. The number of unbranched alkanes of at least 4 members (excludes halogenated alkanes) is 14. The highest BCUT2D eigenvalue weighted by Gasteiger charge is 1.97. The minimum Gasteiger partial charge on any atom is -0.424 e. The van der Waals surface area contributed by atoms with E-state index in [-0.39, 0.29) is 0 Å². The normalized spacial score (nSPS) is 11.4. The van der Waals surface area contributed by atoms with Crippen molar-refractivity contribution in [3.63, 3.8) is 0 Å². The second-order valence-electron chi connectivity index (χ2n) is 6.23. The summed E-state index contributed by atoms with van der Waals surface area (Å²) in [6.07, 6.45) is 22.1. The Kier molecular flexibility index (Phi) is 17.5. The predicted molar refractivity (Wildman–Crippen MR) is 94.3 cm³/mol. The van der Waals surface area contributed by atoms with Gasteiger partial charge in [-0.3, -0.25) is 0 Å². The zero-order chi connectivity index (χ0) is 15.6. The minimum atomic E-state index is -1.28. The Labute approximate surface area is 133 Å². The van der Waals surface area contributed by atoms with Gasteiger partial charge in [-0.25, -0.2) is 0 Å². The summed E-state index contributed by atoms with van der Waals surface area (Å²) in [4.78, 5) is 0. The predicted octanol–water partition coefficient (Wildman–Crippen LogP) is 5.43. The van der Waals surface area contributed by atoms with Gasteiger partial charge in [0.2, 0.25) is 0 Å². The van der Waals surface area contributed by atoms with Crippen LogP contribution in [0.5, 0.6) is 0 Å². The molecule has 0 radical (unpaired) electrons. The van der Waals surface area contributed by atoms with Crippen LogP contribution in [0.25, 0.3) is 0 Å². The molecule has 0 bridgehead atoms. The van der Waals surface area contributed by atoms with Gasteiger partial charge in [0.05, 0.1) is 0 Å². The topological polar surface area (TPSA) is 40.5 Å². The Bertz CT molecular complexity index is 217. The molecule has 0 rings (SSSR count). The van der Waals surface area contributed by atoms with Crippen molar-refractivity contribution in [2.75, 3.05) is 0 Å². The van der Waals surface area contributed by atoms with Gasteiger partial charge in [-0.15, -0.1) is 0 Å². The Morgan fingerprint density at radius 1 is 0.619 bits per heavy atom. The van der Waals surface area contributed by atoms with E-state index in [0.717, 1.165) is 6.42 Å². The first-order chi connectivity index (χ1) is 10.3. The van der Waals surface area contributed by atoms with E-state index in [2.05, 4.69) is 6.92 Å². The van der Waals surface area contributed by atoms with Gasteiger partial charge >= 0.3 is 7.12 Å². The Morgan fingerprint density at radius 3 is 1.38 bits per heavy atom. The van der Waals surface area contributed by atoms with Crippen LogP contribution >= 0.6 is 0 Å². The molecular weight excluding hydrogens is 259 g/mol. The van der Waals surface area contributed by atoms with Gasteiger partial charge in [0.25, 0.3) is 0 Å². The summed E-state index contributed by atoms with van der Waals surface area (Å²) in [6.45, 7) is 2.27. The van der Waals surface area contributed by atoms with E-state index in [1.54, 1.807) is 0 Å². The quantitative estimate of drug-likeness (QED) is 0.295. The van der Waals surface area contributed by atoms with Crippen molar-refractivity contribution in [3.05, 3.63) is 12.1 Å². The fourth-order valence-electron chi connectivity index (χ4n) is 2.67. The molecule has 0 saturated heterocycles. The lowest BCUT2D eigenvalue weighted by Crippen LogP contribution is -2.05. The van der Waals surface area contributed by atoms with Crippen LogP contribution in [0, 0.1) is 0 Å². The van der Waals surface area contributed by atoms with E-state index < -0.39 is 7.12 Å². The molecule has 0 heterocycles. The third kappa shape index (κ3) is 19.7. The first-order valence-corrected chi connectivity index (χ1v) is 9.30. The maximum absolute atomic E-state index is 8.64. The van der Waals surface area contributed by atoms with Crippen LogP contribution in [0.15, 0.2) is 12.1 Å². The molecular formula is C18H37BO2. The molecule has 0 spiro atoms. The average molecular weight is 296 g/mol. The lowest BCUT2D eigenvalue weighted by molar-refractivity contribution is 0.424. The number of allylic oxidation sites excluding steroid dienone is 1. The highest BCUT2D eigenvalue weighted by atomic mass is 16.4. The molecule has 0 fully saturated rings. The van der Waals surface area contributed by atoms with Gasteiger partial charge in [0, 0.05) is 0 Å². The van der Waals surface area contributed by atoms with Gasteiger partial charge in [0.15, 0.2) is 0 Å². The largest absolute Gasteiger partial charge is 0.480 e. The van der Waals surface area contributed by atoms with Crippen LogP contribution in [-0.2, 0) is 0 Å². The van der Waals surface area contributed by atoms with Crippen molar-refractivity contribution in [1.82, 2.24) is 0 Å². The van der Waals surface area contributed by atoms with Crippen LogP contribution in [0.1, 0.15) is 103 Å². The monoisotopic (exact) mass is 296 g/mol. The first-order valence-electron chi connectivity index (χ1n) is 9.30. The lowest BCUT2D eigenvalue weighted by atomic mass is 9.91. The third-order valence-electron chi connectivity index (χ3n) is 4.03. The summed E-state index contributed by atoms with van der Waals surface area (Å²) in [5, 5.41) is 17.3. The molecule has 0 aromatic heterocycles. The van der Waals surface area contributed by atoms with Crippen molar-refractivity contribution in [1.29, 1.82) is 0 Å². The van der Waals surface area contributed by atoms with Crippen LogP contribution in [0.4, 0.5) is 0 Å². The van der Waals surface area contributed by atoms with Crippen LogP contribution < -0.4 is 0 Å². The first kappa shape index (κ1) is 20.7. The molecule has 3 heteroatoms. The highest BCUT2D eigenvalue weighted by molar-refractivity contribution is 6.47. The van der Waals surface area contributed by atoms with Gasteiger partial charge in [-0.05, 0) is 12.8 Å². The average Bonchev–Trinajstić information content (AvgIpc) is 2.46. The summed E-state index contributed by atoms with van der Waals surface area (Å²) in [5.41, 5.74) is 0. The van der Waals surface area contributed by atoms with Gasteiger partial charge in [-0.1, -0.05) is 102 Å². The number of hydrogen-bond acceptors (Lipinski definition) is 2. The highest BCUT2D eigenvalue weighted by Crippen LogP contribution is 2.13. The molecule has 21 heavy (non-hydrogen) atoms. The molecule has 124 valence electrons. The van der Waals surface area contributed by atoms with E-state index in [9.17, 15) is 0 Å². The molecule has 0 aromatic rings. The van der Waals surface area contributed by atoms with E-state index in [1.165, 1.54) is 95.9 Å². The van der Waals surface area contributed by atoms with Gasteiger partial charge < -0.3 is 10.0 Å². The molecule has 2 nitrogen and oxygen atoms in total. The molecule has 0 saturated carbocycles. The molecule has 0 aliphatic carbocycles. The fraction of sp³-hybridized carbons (Fsp3) is 0.889. The summed E-state index contributed by atoms with van der Waals surface area (Å²) < 4.78 is 0. The molecule has 0 atom stereocenters. The molecule has 0 aromatic carbocycles. The molecule has 0 unspecified atom stereocenters. The van der Waals surface area contributed by atoms with Crippen molar-refractivity contribution >= 4 is 7.12 Å². The third-order valence-corrected chi connectivity index (χ3v) is 4.03. The van der Waals surface area contributed by atoms with Crippen molar-refractivity contribution in [3.8, 4) is 0 Å². The van der Waals surface area contributed by atoms with E-state index in [1.807, 2.05) is 6.08 Å². The Hall–Kier alpha value is -0.275. The molecule has 0 aliphatic heterocycles. The van der Waals surface area contributed by atoms with E-state index in [4.69, 9.17) is 10.0 Å². The van der Waals surface area contributed by atoms with E-state index >= 15 is 0 Å². The molecule has 0 amide bonds. The smallest absolute Gasteiger partial charge is 0.424 e. The van der Waals surface area contributed by atoms with Crippen LogP contribution in [0.2, 0.25) is 0 Å². The zero-order valence-electron chi connectivity index (χ0n) is 14.2. The summed E-state index contributed by atoms with van der Waals surface area (Å²) in [5.74, 6) is 1.45. The Balaban J connectivity index is 2.99. The SMILES string of the molecule is CCCCCCCCCCCCCCCC/C=C/B(O)O. The lowest BCUT2D eigenvalue weighted by Gasteiger charge is -2.02. The maximum atomic E-state index is 8.64. The summed E-state index contributed by atoms with van der Waals surface area (Å²) in [6, 6.07) is 0. The summed E-state index contributed by atoms with van der Waals surface area (Å²) in [7, 11) is -1.28. The van der Waals surface area contributed by atoms with Gasteiger partial charge in [0.1, 0.15) is 0 Å². The van der Waals surface area contributed by atoms with E-state index in [0.29, 0.717) is 0 Å². The van der Waals surface area contributed by atoms with Crippen molar-refractivity contribution in [2.24, 2.45) is 0 Å². The van der Waals surface area contributed by atoms with Crippen molar-refractivity contribution in [2.45, 2.75) is 103 Å². The number of rotatable bonds is 16. The Morgan fingerprint density at radius 2 is 1.00 bits per heavy atom. The molecule has 2 N–H and O–H groups in total.